The number of hydrogen-bond donors (Lipinski definition) is 1. The zero-order chi connectivity index (χ0) is 12.9. The highest BCUT2D eigenvalue weighted by molar-refractivity contribution is 5.39. The van der Waals surface area contributed by atoms with Crippen LogP contribution in [0.3, 0.4) is 0 Å². The van der Waals surface area contributed by atoms with Gasteiger partial charge in [-0.2, -0.15) is 0 Å². The van der Waals surface area contributed by atoms with E-state index in [1.807, 2.05) is 0 Å². The van der Waals surface area contributed by atoms with Crippen LogP contribution in [0, 0.1) is 5.41 Å². The molecule has 2 bridgehead atoms. The summed E-state index contributed by atoms with van der Waals surface area (Å²) in [5.41, 5.74) is 4.93. The molecule has 1 nitrogen and oxygen atoms in total. The Morgan fingerprint density at radius 3 is 2.67 bits per heavy atom. The van der Waals surface area contributed by atoms with Gasteiger partial charge in [0.15, 0.2) is 0 Å². The number of rotatable bonds is 2. The molecule has 2 N–H and O–H groups in total. The van der Waals surface area contributed by atoms with Crippen LogP contribution in [0.2, 0.25) is 0 Å². The summed E-state index contributed by atoms with van der Waals surface area (Å²) in [7, 11) is 0. The zero-order valence-corrected chi connectivity index (χ0v) is 11.7. The summed E-state index contributed by atoms with van der Waals surface area (Å²) in [6.07, 6.45) is 2.46. The third kappa shape index (κ3) is 1.73. The van der Waals surface area contributed by atoms with Gasteiger partial charge >= 0.3 is 0 Å². The van der Waals surface area contributed by atoms with Crippen LogP contribution in [0.5, 0.6) is 0 Å². The van der Waals surface area contributed by atoms with Crippen LogP contribution in [0.4, 0.5) is 0 Å². The first-order chi connectivity index (χ1) is 8.49. The second kappa shape index (κ2) is 3.96. The Hall–Kier alpha value is -1.08. The lowest BCUT2D eigenvalue weighted by molar-refractivity contribution is -0.749. The molecule has 0 spiro atoms. The molecule has 1 aliphatic carbocycles. The molecule has 2 aliphatic heterocycles. The fraction of sp³-hybridized carbons (Fsp3) is 0.529. The molecular formula is C17H24N+. The Morgan fingerprint density at radius 2 is 2.00 bits per heavy atom. The number of quaternary nitrogens is 1. The maximum Gasteiger partial charge on any atom is 0.113 e. The minimum atomic E-state index is 0.424. The molecule has 1 aromatic rings. The Labute approximate surface area is 110 Å². The van der Waals surface area contributed by atoms with Crippen molar-refractivity contribution in [3.05, 3.63) is 47.5 Å². The van der Waals surface area contributed by atoms with Crippen molar-refractivity contribution in [2.24, 2.45) is 5.41 Å². The van der Waals surface area contributed by atoms with Crippen LogP contribution in [0.1, 0.15) is 56.7 Å². The Balaban J connectivity index is 2.06. The van der Waals surface area contributed by atoms with Crippen molar-refractivity contribution in [3.8, 4) is 0 Å². The SMILES string of the molecule is C=C(C)C[C@@H]1[NH2+][C@H]2CC(C)(C)[C@@H]1c1ccccc12. The second-order valence-corrected chi connectivity index (χ2v) is 6.92. The summed E-state index contributed by atoms with van der Waals surface area (Å²) in [5.74, 6) is 0.676. The molecule has 4 rings (SSSR count). The molecule has 0 aromatic heterocycles. The molecule has 0 radical (unpaired) electrons. The van der Waals surface area contributed by atoms with E-state index in [0.29, 0.717) is 23.4 Å². The fourth-order valence-electron chi connectivity index (χ4n) is 4.34. The largest absolute Gasteiger partial charge is 0.337 e. The van der Waals surface area contributed by atoms with E-state index < -0.39 is 0 Å². The van der Waals surface area contributed by atoms with Gasteiger partial charge in [0.05, 0.1) is 6.04 Å². The summed E-state index contributed by atoms with van der Waals surface area (Å²) in [5, 5.41) is 2.60. The lowest BCUT2D eigenvalue weighted by Gasteiger charge is -2.51. The van der Waals surface area contributed by atoms with Crippen molar-refractivity contribution in [3.63, 3.8) is 0 Å². The van der Waals surface area contributed by atoms with E-state index in [9.17, 15) is 0 Å². The fourth-order valence-corrected chi connectivity index (χ4v) is 4.34. The van der Waals surface area contributed by atoms with E-state index in [1.54, 1.807) is 11.1 Å². The molecule has 1 heteroatoms. The van der Waals surface area contributed by atoms with Crippen molar-refractivity contribution in [2.45, 2.75) is 51.6 Å². The highest BCUT2D eigenvalue weighted by Crippen LogP contribution is 2.52. The van der Waals surface area contributed by atoms with Gasteiger partial charge in [-0.1, -0.05) is 50.3 Å². The van der Waals surface area contributed by atoms with Gasteiger partial charge in [0.1, 0.15) is 6.04 Å². The normalized spacial score (nSPS) is 32.1. The lowest BCUT2D eigenvalue weighted by atomic mass is 9.58. The minimum Gasteiger partial charge on any atom is -0.337 e. The molecule has 2 heterocycles. The van der Waals surface area contributed by atoms with E-state index in [0.717, 1.165) is 6.42 Å². The highest BCUT2D eigenvalue weighted by Gasteiger charge is 2.52. The van der Waals surface area contributed by atoms with Gasteiger partial charge in [-0.3, -0.25) is 0 Å². The molecule has 0 amide bonds. The molecule has 18 heavy (non-hydrogen) atoms. The van der Waals surface area contributed by atoms with E-state index >= 15 is 0 Å². The number of benzene rings is 1. The first-order valence-electron chi connectivity index (χ1n) is 7.07. The molecule has 1 saturated heterocycles. The van der Waals surface area contributed by atoms with Gasteiger partial charge in [0.25, 0.3) is 0 Å². The minimum absolute atomic E-state index is 0.424. The van der Waals surface area contributed by atoms with Gasteiger partial charge in [-0.05, 0) is 17.9 Å². The summed E-state index contributed by atoms with van der Waals surface area (Å²) >= 11 is 0. The van der Waals surface area contributed by atoms with E-state index in [-0.39, 0.29) is 0 Å². The first kappa shape index (κ1) is 12.0. The topological polar surface area (TPSA) is 16.6 Å². The third-order valence-electron chi connectivity index (χ3n) is 4.81. The van der Waals surface area contributed by atoms with E-state index in [1.165, 1.54) is 12.0 Å². The van der Waals surface area contributed by atoms with Crippen LogP contribution < -0.4 is 5.32 Å². The molecule has 0 unspecified atom stereocenters. The molecule has 96 valence electrons. The number of fused-ring (bicyclic) bond motifs is 2. The van der Waals surface area contributed by atoms with E-state index in [2.05, 4.69) is 56.9 Å². The van der Waals surface area contributed by atoms with Crippen LogP contribution in [0.15, 0.2) is 36.4 Å². The molecular weight excluding hydrogens is 218 g/mol. The number of hydrogen-bond acceptors (Lipinski definition) is 0. The van der Waals surface area contributed by atoms with Crippen LogP contribution in [0.25, 0.3) is 0 Å². The van der Waals surface area contributed by atoms with Gasteiger partial charge in [0, 0.05) is 24.3 Å². The summed E-state index contributed by atoms with van der Waals surface area (Å²) < 4.78 is 0. The van der Waals surface area contributed by atoms with Gasteiger partial charge < -0.3 is 5.32 Å². The summed E-state index contributed by atoms with van der Waals surface area (Å²) in [4.78, 5) is 0. The zero-order valence-electron chi connectivity index (χ0n) is 11.7. The van der Waals surface area contributed by atoms with Crippen molar-refractivity contribution >= 4 is 0 Å². The molecule has 1 aromatic carbocycles. The summed E-state index contributed by atoms with van der Waals surface area (Å²) in [6.45, 7) is 11.2. The smallest absolute Gasteiger partial charge is 0.113 e. The van der Waals surface area contributed by atoms with Gasteiger partial charge in [0.2, 0.25) is 0 Å². The standard InChI is InChI=1S/C17H23N/c1-11(2)9-14-16-13-8-6-5-7-12(13)15(18-14)10-17(16,3)4/h5-8,14-16,18H,1,9-10H2,2-4H3/p+1/t14-,15-,16+/m0/s1. The quantitative estimate of drug-likeness (QED) is 0.767. The monoisotopic (exact) mass is 242 g/mol. The molecule has 3 atom stereocenters. The number of piperidine rings is 1. The first-order valence-corrected chi connectivity index (χ1v) is 7.07. The van der Waals surface area contributed by atoms with Crippen LogP contribution in [-0.4, -0.2) is 6.04 Å². The van der Waals surface area contributed by atoms with Crippen molar-refractivity contribution in [1.29, 1.82) is 0 Å². The third-order valence-corrected chi connectivity index (χ3v) is 4.81. The van der Waals surface area contributed by atoms with Crippen molar-refractivity contribution < 1.29 is 5.32 Å². The Morgan fingerprint density at radius 1 is 1.33 bits per heavy atom. The van der Waals surface area contributed by atoms with Crippen LogP contribution in [-0.2, 0) is 0 Å². The van der Waals surface area contributed by atoms with Crippen molar-refractivity contribution in [2.75, 3.05) is 0 Å². The maximum atomic E-state index is 4.12. The molecule has 1 fully saturated rings. The van der Waals surface area contributed by atoms with Crippen LogP contribution >= 0.6 is 0 Å². The average Bonchev–Trinajstić information content (AvgIpc) is 2.26. The van der Waals surface area contributed by atoms with Crippen molar-refractivity contribution in [1.82, 2.24) is 0 Å². The molecule has 3 aliphatic rings. The number of nitrogens with two attached hydrogens (primary N) is 1. The lowest BCUT2D eigenvalue weighted by Crippen LogP contribution is -2.96. The highest BCUT2D eigenvalue weighted by atomic mass is 15.0. The Kier molecular flexibility index (Phi) is 2.63. The summed E-state index contributed by atoms with van der Waals surface area (Å²) in [6, 6.07) is 10.4. The predicted molar refractivity (Wildman–Crippen MR) is 75.5 cm³/mol. The Bertz CT molecular complexity index is 486. The van der Waals surface area contributed by atoms with Gasteiger partial charge in [-0.15, -0.1) is 0 Å². The predicted octanol–water partition coefficient (Wildman–Crippen LogP) is 3.15. The van der Waals surface area contributed by atoms with E-state index in [4.69, 9.17) is 0 Å². The maximum absolute atomic E-state index is 4.12. The molecule has 0 saturated carbocycles. The van der Waals surface area contributed by atoms with Gasteiger partial charge in [-0.25, -0.2) is 0 Å². The second-order valence-electron chi connectivity index (χ2n) is 6.92. The average molecular weight is 242 g/mol.